The van der Waals surface area contributed by atoms with Crippen LogP contribution in [0.5, 0.6) is 0 Å². The average molecular weight is 401 g/mol. The summed E-state index contributed by atoms with van der Waals surface area (Å²) in [5.74, 6) is -0.0219. The number of unbranched alkanes of at least 4 members (excludes halogenated alkanes) is 1. The fraction of sp³-hybridized carbons (Fsp3) is 0.353. The van der Waals surface area contributed by atoms with Gasteiger partial charge in [0.1, 0.15) is 0 Å². The molecule has 0 aliphatic rings. The van der Waals surface area contributed by atoms with Crippen molar-refractivity contribution in [2.24, 2.45) is 5.73 Å². The van der Waals surface area contributed by atoms with Crippen LogP contribution in [0.1, 0.15) is 34.6 Å². The zero-order chi connectivity index (χ0) is 16.1. The first-order valence-corrected chi connectivity index (χ1v) is 8.27. The van der Waals surface area contributed by atoms with Gasteiger partial charge in [-0.25, -0.2) is 0 Å². The lowest BCUT2D eigenvalue weighted by atomic mass is 10.2. The van der Waals surface area contributed by atoms with E-state index in [1.54, 1.807) is 0 Å². The van der Waals surface area contributed by atoms with Gasteiger partial charge < -0.3 is 15.6 Å². The number of aryl methyl sites for hydroxylation is 1. The van der Waals surface area contributed by atoms with E-state index in [2.05, 4.69) is 25.8 Å². The average Bonchev–Trinajstić information content (AvgIpc) is 2.78. The van der Waals surface area contributed by atoms with Gasteiger partial charge in [0.15, 0.2) is 0 Å². The maximum Gasteiger partial charge on any atom is 0.253 e. The molecule has 0 unspecified atom stereocenters. The molecular weight excluding hydrogens is 378 g/mol. The van der Waals surface area contributed by atoms with Crippen molar-refractivity contribution < 1.29 is 4.79 Å². The van der Waals surface area contributed by atoms with Crippen molar-refractivity contribution in [2.45, 2.75) is 26.7 Å². The van der Waals surface area contributed by atoms with Gasteiger partial charge in [-0.05, 0) is 57.5 Å². The molecule has 6 heteroatoms. The molecule has 0 bridgehead atoms. The highest BCUT2D eigenvalue weighted by molar-refractivity contribution is 9.10. The fourth-order valence-corrected chi connectivity index (χ4v) is 2.96. The Balaban J connectivity index is 0.00000264. The minimum Gasteiger partial charge on any atom is -0.352 e. The molecule has 2 aromatic rings. The largest absolute Gasteiger partial charge is 0.352 e. The number of hydrogen-bond donors (Lipinski definition) is 2. The number of halogens is 2. The molecule has 1 heterocycles. The van der Waals surface area contributed by atoms with Crippen LogP contribution in [-0.2, 0) is 0 Å². The number of aromatic nitrogens is 1. The van der Waals surface area contributed by atoms with Gasteiger partial charge in [0.05, 0.1) is 5.56 Å². The molecule has 0 aliphatic carbocycles. The van der Waals surface area contributed by atoms with E-state index >= 15 is 0 Å². The lowest BCUT2D eigenvalue weighted by Gasteiger charge is -2.10. The predicted octanol–water partition coefficient (Wildman–Crippen LogP) is 3.75. The summed E-state index contributed by atoms with van der Waals surface area (Å²) in [4.78, 5) is 12.3. The molecule has 4 nitrogen and oxygen atoms in total. The predicted molar refractivity (Wildman–Crippen MR) is 101 cm³/mol. The SMILES string of the molecule is Cc1cc(C(=O)NCCCCN)c(C)n1-c1cccc(Br)c1.Cl. The number of nitrogens with two attached hydrogens (primary N) is 1. The highest BCUT2D eigenvalue weighted by Gasteiger charge is 2.16. The number of rotatable bonds is 6. The summed E-state index contributed by atoms with van der Waals surface area (Å²) in [6, 6.07) is 10.00. The molecule has 0 fully saturated rings. The first-order chi connectivity index (χ1) is 10.5. The van der Waals surface area contributed by atoms with E-state index in [1.807, 2.05) is 44.2 Å². The van der Waals surface area contributed by atoms with Gasteiger partial charge in [-0.15, -0.1) is 12.4 Å². The summed E-state index contributed by atoms with van der Waals surface area (Å²) in [6.45, 7) is 5.31. The van der Waals surface area contributed by atoms with Crippen LogP contribution in [0.4, 0.5) is 0 Å². The maximum absolute atomic E-state index is 12.3. The zero-order valence-electron chi connectivity index (χ0n) is 13.4. The molecule has 1 aromatic carbocycles. The highest BCUT2D eigenvalue weighted by Crippen LogP contribution is 2.23. The van der Waals surface area contributed by atoms with Crippen LogP contribution in [0.3, 0.4) is 0 Å². The Morgan fingerprint density at radius 2 is 2.00 bits per heavy atom. The maximum atomic E-state index is 12.3. The van der Waals surface area contributed by atoms with Gasteiger partial charge in [0.2, 0.25) is 0 Å². The number of hydrogen-bond acceptors (Lipinski definition) is 2. The number of carbonyl (C=O) groups is 1. The van der Waals surface area contributed by atoms with E-state index in [0.29, 0.717) is 13.1 Å². The third-order valence-electron chi connectivity index (χ3n) is 3.66. The highest BCUT2D eigenvalue weighted by atomic mass is 79.9. The normalized spacial score (nSPS) is 10.3. The quantitative estimate of drug-likeness (QED) is 0.726. The third-order valence-corrected chi connectivity index (χ3v) is 4.15. The van der Waals surface area contributed by atoms with Gasteiger partial charge >= 0.3 is 0 Å². The van der Waals surface area contributed by atoms with E-state index < -0.39 is 0 Å². The Hall–Kier alpha value is -1.30. The van der Waals surface area contributed by atoms with Gasteiger partial charge in [0.25, 0.3) is 5.91 Å². The molecule has 126 valence electrons. The number of nitrogens with zero attached hydrogens (tertiary/aromatic N) is 1. The molecule has 0 spiro atoms. The summed E-state index contributed by atoms with van der Waals surface area (Å²) in [7, 11) is 0. The molecule has 1 amide bonds. The van der Waals surface area contributed by atoms with Crippen molar-refractivity contribution in [3.8, 4) is 5.69 Å². The molecule has 0 atom stereocenters. The first kappa shape index (κ1) is 19.7. The minimum atomic E-state index is -0.0219. The molecule has 0 saturated heterocycles. The van der Waals surface area contributed by atoms with Gasteiger partial charge in [-0.2, -0.15) is 0 Å². The zero-order valence-corrected chi connectivity index (χ0v) is 15.8. The van der Waals surface area contributed by atoms with Crippen LogP contribution in [0.25, 0.3) is 5.69 Å². The van der Waals surface area contributed by atoms with Crippen molar-refractivity contribution in [3.63, 3.8) is 0 Å². The van der Waals surface area contributed by atoms with E-state index in [1.165, 1.54) is 0 Å². The van der Waals surface area contributed by atoms with E-state index in [-0.39, 0.29) is 18.3 Å². The fourth-order valence-electron chi connectivity index (χ4n) is 2.57. The second kappa shape index (κ2) is 9.11. The van der Waals surface area contributed by atoms with E-state index in [0.717, 1.165) is 40.0 Å². The van der Waals surface area contributed by atoms with Crippen LogP contribution in [0, 0.1) is 13.8 Å². The second-order valence-electron chi connectivity index (χ2n) is 5.35. The van der Waals surface area contributed by atoms with Gasteiger partial charge in [-0.3, -0.25) is 4.79 Å². The molecule has 3 N–H and O–H groups in total. The Labute approximate surface area is 152 Å². The van der Waals surface area contributed by atoms with Crippen molar-refractivity contribution in [2.75, 3.05) is 13.1 Å². The molecule has 0 aliphatic heterocycles. The summed E-state index contributed by atoms with van der Waals surface area (Å²) < 4.78 is 3.12. The molecule has 23 heavy (non-hydrogen) atoms. The molecule has 0 saturated carbocycles. The standard InChI is InChI=1S/C17H22BrN3O.ClH/c1-12-10-16(17(22)20-9-4-3-8-19)13(2)21(12)15-7-5-6-14(18)11-15;/h5-7,10-11H,3-4,8-9,19H2,1-2H3,(H,20,22);1H. The summed E-state index contributed by atoms with van der Waals surface area (Å²) in [5.41, 5.74) is 9.23. The smallest absolute Gasteiger partial charge is 0.253 e. The Morgan fingerprint density at radius 3 is 2.65 bits per heavy atom. The lowest BCUT2D eigenvalue weighted by molar-refractivity contribution is 0.0952. The molecule has 0 radical (unpaired) electrons. The number of benzene rings is 1. The van der Waals surface area contributed by atoms with Crippen molar-refractivity contribution >= 4 is 34.2 Å². The third kappa shape index (κ3) is 4.83. The Kier molecular flexibility index (Phi) is 7.82. The monoisotopic (exact) mass is 399 g/mol. The van der Waals surface area contributed by atoms with Gasteiger partial charge in [-0.1, -0.05) is 22.0 Å². The van der Waals surface area contributed by atoms with Crippen molar-refractivity contribution in [1.29, 1.82) is 0 Å². The summed E-state index contributed by atoms with van der Waals surface area (Å²) in [5, 5.41) is 2.96. The minimum absolute atomic E-state index is 0. The van der Waals surface area contributed by atoms with Crippen LogP contribution in [-0.4, -0.2) is 23.6 Å². The van der Waals surface area contributed by atoms with Crippen LogP contribution < -0.4 is 11.1 Å². The van der Waals surface area contributed by atoms with Crippen molar-refractivity contribution in [1.82, 2.24) is 9.88 Å². The van der Waals surface area contributed by atoms with Crippen LogP contribution in [0.15, 0.2) is 34.8 Å². The molecule has 1 aromatic heterocycles. The van der Waals surface area contributed by atoms with Crippen LogP contribution >= 0.6 is 28.3 Å². The van der Waals surface area contributed by atoms with Crippen LogP contribution in [0.2, 0.25) is 0 Å². The summed E-state index contributed by atoms with van der Waals surface area (Å²) >= 11 is 3.49. The number of amides is 1. The van der Waals surface area contributed by atoms with Gasteiger partial charge in [0, 0.05) is 28.1 Å². The first-order valence-electron chi connectivity index (χ1n) is 7.47. The molecular formula is C17H23BrClN3O. The number of carbonyl (C=O) groups excluding carboxylic acids is 1. The second-order valence-corrected chi connectivity index (χ2v) is 6.27. The lowest BCUT2D eigenvalue weighted by Crippen LogP contribution is -2.25. The molecule has 2 rings (SSSR count). The Bertz CT molecular complexity index is 670. The number of nitrogens with one attached hydrogen (secondary N) is 1. The Morgan fingerprint density at radius 1 is 1.26 bits per heavy atom. The topological polar surface area (TPSA) is 60.1 Å². The van der Waals surface area contributed by atoms with E-state index in [9.17, 15) is 4.79 Å². The summed E-state index contributed by atoms with van der Waals surface area (Å²) in [6.07, 6.45) is 1.84. The van der Waals surface area contributed by atoms with E-state index in [4.69, 9.17) is 5.73 Å². The van der Waals surface area contributed by atoms with Crippen molar-refractivity contribution in [3.05, 3.63) is 51.8 Å².